The number of aryl methyl sites for hydroxylation is 2. The van der Waals surface area contributed by atoms with Gasteiger partial charge in [0.2, 0.25) is 10.0 Å². The minimum atomic E-state index is -3.46. The summed E-state index contributed by atoms with van der Waals surface area (Å²) in [6, 6.07) is 6.88. The zero-order valence-electron chi connectivity index (χ0n) is 14.6. The van der Waals surface area contributed by atoms with Crippen LogP contribution in [0, 0.1) is 0 Å². The summed E-state index contributed by atoms with van der Waals surface area (Å²) < 4.78 is 26.5. The van der Waals surface area contributed by atoms with Gasteiger partial charge in [-0.15, -0.1) is 11.3 Å². The van der Waals surface area contributed by atoms with Crippen molar-refractivity contribution in [2.24, 2.45) is 0 Å². The molecule has 2 aromatic heterocycles. The molecule has 3 aromatic rings. The molecule has 136 valence electrons. The molecule has 26 heavy (non-hydrogen) atoms. The molecule has 0 fully saturated rings. The predicted octanol–water partition coefficient (Wildman–Crippen LogP) is 3.26. The van der Waals surface area contributed by atoms with Gasteiger partial charge >= 0.3 is 0 Å². The Bertz CT molecular complexity index is 1080. The second kappa shape index (κ2) is 6.61. The molecule has 0 radical (unpaired) electrons. The molecule has 1 aliphatic carbocycles. The summed E-state index contributed by atoms with van der Waals surface area (Å²) in [6.07, 6.45) is 4.97. The van der Waals surface area contributed by atoms with Gasteiger partial charge in [-0.2, -0.15) is 0 Å². The van der Waals surface area contributed by atoms with Crippen LogP contribution in [0.2, 0.25) is 0 Å². The molecule has 0 amide bonds. The van der Waals surface area contributed by atoms with Crippen LogP contribution in [0.15, 0.2) is 35.5 Å². The molecule has 1 aromatic carbocycles. The molecule has 2 N–H and O–H groups in total. The quantitative estimate of drug-likeness (QED) is 0.701. The molecule has 1 aliphatic rings. The van der Waals surface area contributed by atoms with Crippen LogP contribution >= 0.6 is 11.3 Å². The number of nitrogens with zero attached hydrogens (tertiary/aromatic N) is 2. The Morgan fingerprint density at radius 3 is 2.88 bits per heavy atom. The average molecular weight is 389 g/mol. The smallest absolute Gasteiger partial charge is 0.240 e. The molecule has 1 atom stereocenters. The van der Waals surface area contributed by atoms with E-state index in [0.29, 0.717) is 0 Å². The van der Waals surface area contributed by atoms with Gasteiger partial charge in [0.15, 0.2) is 0 Å². The van der Waals surface area contributed by atoms with E-state index in [1.165, 1.54) is 23.9 Å². The van der Waals surface area contributed by atoms with Crippen molar-refractivity contribution in [1.82, 2.24) is 14.7 Å². The summed E-state index contributed by atoms with van der Waals surface area (Å²) in [5, 5.41) is 4.58. The minimum absolute atomic E-state index is 0.0861. The number of thiophene rings is 1. The van der Waals surface area contributed by atoms with Crippen molar-refractivity contribution in [1.29, 1.82) is 0 Å². The average Bonchev–Trinajstić information content (AvgIpc) is 3.23. The molecule has 0 spiro atoms. The maximum absolute atomic E-state index is 12.1. The lowest BCUT2D eigenvalue weighted by atomic mass is 10.1. The second-order valence-corrected chi connectivity index (χ2v) is 9.38. The lowest BCUT2D eigenvalue weighted by Crippen LogP contribution is -2.19. The highest BCUT2D eigenvalue weighted by molar-refractivity contribution is 7.89. The van der Waals surface area contributed by atoms with Crippen LogP contribution in [-0.4, -0.2) is 25.4 Å². The van der Waals surface area contributed by atoms with E-state index in [1.54, 1.807) is 35.9 Å². The van der Waals surface area contributed by atoms with E-state index in [1.807, 2.05) is 13.0 Å². The summed E-state index contributed by atoms with van der Waals surface area (Å²) in [5.41, 5.74) is 2.26. The largest absolute Gasteiger partial charge is 0.363 e. The van der Waals surface area contributed by atoms with Crippen LogP contribution in [0.1, 0.15) is 35.4 Å². The molecule has 0 saturated heterocycles. The van der Waals surface area contributed by atoms with Gasteiger partial charge in [0.1, 0.15) is 17.0 Å². The van der Waals surface area contributed by atoms with Crippen molar-refractivity contribution in [2.45, 2.75) is 37.1 Å². The number of sulfonamides is 1. The normalized spacial score (nSPS) is 15.2. The van der Waals surface area contributed by atoms with Crippen LogP contribution in [0.25, 0.3) is 10.2 Å². The summed E-state index contributed by atoms with van der Waals surface area (Å²) in [4.78, 5) is 11.6. The number of anilines is 1. The third-order valence-corrected chi connectivity index (χ3v) is 7.40. The fourth-order valence-corrected chi connectivity index (χ4v) is 5.41. The van der Waals surface area contributed by atoms with E-state index in [-0.39, 0.29) is 10.9 Å². The Labute approximate surface area is 156 Å². The highest BCUT2D eigenvalue weighted by atomic mass is 32.2. The molecular formula is C18H20N4O2S2. The molecule has 0 saturated carbocycles. The van der Waals surface area contributed by atoms with Crippen LogP contribution in [0.3, 0.4) is 0 Å². The van der Waals surface area contributed by atoms with Crippen LogP contribution in [-0.2, 0) is 22.9 Å². The lowest BCUT2D eigenvalue weighted by Gasteiger charge is -2.17. The first kappa shape index (κ1) is 17.4. The Hall–Kier alpha value is -2.03. The molecular weight excluding hydrogens is 368 g/mol. The van der Waals surface area contributed by atoms with Crippen molar-refractivity contribution >= 4 is 37.4 Å². The van der Waals surface area contributed by atoms with Gasteiger partial charge in [0.05, 0.1) is 16.3 Å². The maximum Gasteiger partial charge on any atom is 0.240 e. The van der Waals surface area contributed by atoms with Gasteiger partial charge in [0.25, 0.3) is 0 Å². The first-order valence-electron chi connectivity index (χ1n) is 8.55. The molecule has 8 heteroatoms. The SMILES string of the molecule is CNS(=O)(=O)c1cccc(C(C)Nc2ncnc3sc4c(c23)CCC4)c1. The third-order valence-electron chi connectivity index (χ3n) is 4.79. The van der Waals surface area contributed by atoms with Gasteiger partial charge in [-0.25, -0.2) is 23.1 Å². The van der Waals surface area contributed by atoms with Gasteiger partial charge in [0, 0.05) is 4.88 Å². The number of fused-ring (bicyclic) bond motifs is 3. The Morgan fingerprint density at radius 1 is 1.23 bits per heavy atom. The second-order valence-electron chi connectivity index (χ2n) is 6.41. The van der Waals surface area contributed by atoms with E-state index in [2.05, 4.69) is 20.0 Å². The number of rotatable bonds is 5. The number of hydrogen-bond acceptors (Lipinski definition) is 6. The van der Waals surface area contributed by atoms with E-state index in [4.69, 9.17) is 0 Å². The van der Waals surface area contributed by atoms with Gasteiger partial charge in [-0.1, -0.05) is 12.1 Å². The molecule has 6 nitrogen and oxygen atoms in total. The monoisotopic (exact) mass is 388 g/mol. The van der Waals surface area contributed by atoms with Crippen LogP contribution in [0.4, 0.5) is 5.82 Å². The van der Waals surface area contributed by atoms with Crippen molar-refractivity contribution in [3.8, 4) is 0 Å². The lowest BCUT2D eigenvalue weighted by molar-refractivity contribution is 0.588. The molecule has 2 heterocycles. The Kier molecular flexibility index (Phi) is 4.42. The zero-order chi connectivity index (χ0) is 18.3. The number of benzene rings is 1. The maximum atomic E-state index is 12.1. The van der Waals surface area contributed by atoms with E-state index in [0.717, 1.165) is 34.4 Å². The van der Waals surface area contributed by atoms with Gasteiger partial charge in [-0.05, 0) is 56.5 Å². The fourth-order valence-electron chi connectivity index (χ4n) is 3.40. The van der Waals surface area contributed by atoms with E-state index >= 15 is 0 Å². The highest BCUT2D eigenvalue weighted by Crippen LogP contribution is 2.39. The third kappa shape index (κ3) is 2.98. The molecule has 1 unspecified atom stereocenters. The first-order valence-corrected chi connectivity index (χ1v) is 10.8. The van der Waals surface area contributed by atoms with E-state index < -0.39 is 10.0 Å². The topological polar surface area (TPSA) is 84.0 Å². The molecule has 0 bridgehead atoms. The number of aromatic nitrogens is 2. The standard InChI is InChI=1S/C18H20N4O2S2/c1-11(12-5-3-6-13(9-12)26(23,24)19-2)22-17-16-14-7-4-8-15(14)25-18(16)21-10-20-17/h3,5-6,9-11,19H,4,7-8H2,1-2H3,(H,20,21,22). The van der Waals surface area contributed by atoms with Crippen molar-refractivity contribution < 1.29 is 8.42 Å². The van der Waals surface area contributed by atoms with E-state index in [9.17, 15) is 8.42 Å². The number of hydrogen-bond donors (Lipinski definition) is 2. The Balaban J connectivity index is 1.68. The Morgan fingerprint density at radius 2 is 2.08 bits per heavy atom. The summed E-state index contributed by atoms with van der Waals surface area (Å²) >= 11 is 1.75. The van der Waals surface area contributed by atoms with Crippen molar-refractivity contribution in [3.63, 3.8) is 0 Å². The van der Waals surface area contributed by atoms with Crippen LogP contribution in [0.5, 0.6) is 0 Å². The zero-order valence-corrected chi connectivity index (χ0v) is 16.2. The van der Waals surface area contributed by atoms with Crippen LogP contribution < -0.4 is 10.0 Å². The first-order chi connectivity index (χ1) is 12.5. The van der Waals surface area contributed by atoms with Gasteiger partial charge in [-0.3, -0.25) is 0 Å². The molecule has 4 rings (SSSR count). The minimum Gasteiger partial charge on any atom is -0.363 e. The van der Waals surface area contributed by atoms with Gasteiger partial charge < -0.3 is 5.32 Å². The number of nitrogens with one attached hydrogen (secondary N) is 2. The molecule has 0 aliphatic heterocycles. The van der Waals surface area contributed by atoms with Crippen molar-refractivity contribution in [3.05, 3.63) is 46.6 Å². The van der Waals surface area contributed by atoms with Crippen molar-refractivity contribution in [2.75, 3.05) is 12.4 Å². The summed E-state index contributed by atoms with van der Waals surface area (Å²) in [5.74, 6) is 0.823. The predicted molar refractivity (Wildman–Crippen MR) is 104 cm³/mol. The highest BCUT2D eigenvalue weighted by Gasteiger charge is 2.22. The summed E-state index contributed by atoms with van der Waals surface area (Å²) in [7, 11) is -2.05. The summed E-state index contributed by atoms with van der Waals surface area (Å²) in [6.45, 7) is 2.01. The fraction of sp³-hybridized carbons (Fsp3) is 0.333.